The van der Waals surface area contributed by atoms with E-state index in [1.54, 1.807) is 18.3 Å². The van der Waals surface area contributed by atoms with Crippen LogP contribution in [0.5, 0.6) is 0 Å². The van der Waals surface area contributed by atoms with E-state index in [4.69, 9.17) is 5.11 Å². The van der Waals surface area contributed by atoms with Crippen LogP contribution in [-0.4, -0.2) is 33.3 Å². The number of hydrogen-bond donors (Lipinski definition) is 2. The van der Waals surface area contributed by atoms with Crippen molar-refractivity contribution < 1.29 is 14.7 Å². The van der Waals surface area contributed by atoms with Crippen molar-refractivity contribution >= 4 is 11.9 Å². The summed E-state index contributed by atoms with van der Waals surface area (Å²) in [6, 6.07) is 9.26. The normalized spacial score (nSPS) is 10.5. The van der Waals surface area contributed by atoms with Crippen molar-refractivity contribution in [3.63, 3.8) is 0 Å². The number of carboxylic acids is 1. The van der Waals surface area contributed by atoms with Gasteiger partial charge in [0.25, 0.3) is 5.91 Å². The summed E-state index contributed by atoms with van der Waals surface area (Å²) in [7, 11) is 0. The Labute approximate surface area is 141 Å². The van der Waals surface area contributed by atoms with Crippen molar-refractivity contribution in [1.82, 2.24) is 15.1 Å². The van der Waals surface area contributed by atoms with E-state index in [9.17, 15) is 9.59 Å². The van der Waals surface area contributed by atoms with Gasteiger partial charge in [-0.3, -0.25) is 9.59 Å². The van der Waals surface area contributed by atoms with Crippen molar-refractivity contribution in [3.05, 3.63) is 47.8 Å². The number of hydrogen-bond acceptors (Lipinski definition) is 3. The van der Waals surface area contributed by atoms with Gasteiger partial charge in [-0.1, -0.05) is 12.8 Å². The molecule has 2 aromatic rings. The van der Waals surface area contributed by atoms with E-state index in [1.165, 1.54) is 0 Å². The molecule has 0 unspecified atom stereocenters. The molecule has 0 fully saturated rings. The van der Waals surface area contributed by atoms with Gasteiger partial charge in [-0.2, -0.15) is 5.10 Å². The van der Waals surface area contributed by atoms with E-state index in [0.717, 1.165) is 30.6 Å². The molecule has 0 saturated carbocycles. The molecular formula is C18H23N3O3. The lowest BCUT2D eigenvalue weighted by Gasteiger charge is -2.07. The highest BCUT2D eigenvalue weighted by Crippen LogP contribution is 2.11. The molecule has 6 nitrogen and oxygen atoms in total. The number of unbranched alkanes of at least 4 members (excludes halogenated alkanes) is 3. The molecule has 0 aliphatic heterocycles. The number of carbonyl (C=O) groups excluding carboxylic acids is 1. The second kappa shape index (κ2) is 8.86. The predicted octanol–water partition coefficient (Wildman–Crippen LogP) is 2.95. The third kappa shape index (κ3) is 5.22. The molecule has 0 saturated heterocycles. The Kier molecular flexibility index (Phi) is 6.54. The van der Waals surface area contributed by atoms with Crippen LogP contribution in [0.2, 0.25) is 0 Å². The van der Waals surface area contributed by atoms with Gasteiger partial charge in [0.05, 0.1) is 5.69 Å². The number of carbonyl (C=O) groups is 2. The number of aryl methyl sites for hydroxylation is 1. The van der Waals surface area contributed by atoms with Crippen LogP contribution in [0.4, 0.5) is 0 Å². The molecule has 0 atom stereocenters. The van der Waals surface area contributed by atoms with Crippen LogP contribution in [0, 0.1) is 6.92 Å². The maximum atomic E-state index is 12.1. The number of aromatic nitrogens is 2. The number of benzene rings is 1. The number of nitrogens with one attached hydrogen (secondary N) is 1. The summed E-state index contributed by atoms with van der Waals surface area (Å²) in [5.74, 6) is -0.846. The number of rotatable bonds is 9. The minimum absolute atomic E-state index is 0.0933. The summed E-state index contributed by atoms with van der Waals surface area (Å²) in [4.78, 5) is 22.5. The second-order valence-corrected chi connectivity index (χ2v) is 5.75. The monoisotopic (exact) mass is 329 g/mol. The third-order valence-corrected chi connectivity index (χ3v) is 3.81. The molecule has 1 heterocycles. The summed E-state index contributed by atoms with van der Waals surface area (Å²) < 4.78 is 1.82. The van der Waals surface area contributed by atoms with Gasteiger partial charge in [0.2, 0.25) is 0 Å². The highest BCUT2D eigenvalue weighted by molar-refractivity contribution is 5.94. The fourth-order valence-corrected chi connectivity index (χ4v) is 2.45. The molecule has 6 heteroatoms. The van der Waals surface area contributed by atoms with Gasteiger partial charge in [-0.15, -0.1) is 0 Å². The van der Waals surface area contributed by atoms with E-state index in [2.05, 4.69) is 10.4 Å². The molecule has 128 valence electrons. The maximum absolute atomic E-state index is 12.1. The smallest absolute Gasteiger partial charge is 0.303 e. The molecule has 2 rings (SSSR count). The minimum Gasteiger partial charge on any atom is -0.481 e. The molecule has 24 heavy (non-hydrogen) atoms. The fourth-order valence-electron chi connectivity index (χ4n) is 2.45. The Morgan fingerprint density at radius 2 is 1.79 bits per heavy atom. The highest BCUT2D eigenvalue weighted by atomic mass is 16.4. The van der Waals surface area contributed by atoms with Crippen LogP contribution < -0.4 is 5.32 Å². The molecule has 0 spiro atoms. The van der Waals surface area contributed by atoms with Crippen LogP contribution >= 0.6 is 0 Å². The Bertz CT molecular complexity index is 677. The first-order chi connectivity index (χ1) is 11.6. The van der Waals surface area contributed by atoms with Gasteiger partial charge in [-0.05, 0) is 50.1 Å². The van der Waals surface area contributed by atoms with Crippen molar-refractivity contribution in [2.24, 2.45) is 0 Å². The van der Waals surface area contributed by atoms with Crippen LogP contribution in [0.1, 0.15) is 48.2 Å². The Morgan fingerprint density at radius 1 is 1.08 bits per heavy atom. The molecule has 0 bridgehead atoms. The number of nitrogens with zero attached hydrogens (tertiary/aromatic N) is 2. The van der Waals surface area contributed by atoms with Crippen LogP contribution in [-0.2, 0) is 4.79 Å². The number of aliphatic carboxylic acids is 1. The van der Waals surface area contributed by atoms with Gasteiger partial charge >= 0.3 is 5.97 Å². The first-order valence-corrected chi connectivity index (χ1v) is 8.19. The third-order valence-electron chi connectivity index (χ3n) is 3.81. The maximum Gasteiger partial charge on any atom is 0.303 e. The zero-order chi connectivity index (χ0) is 17.4. The average Bonchev–Trinajstić information content (AvgIpc) is 2.99. The standard InChI is InChI=1S/C18H23N3O3/c1-14-11-13-20-21(14)16-9-7-15(8-10-16)18(24)19-12-5-3-2-4-6-17(22)23/h7-11,13H,2-6,12H2,1H3,(H,19,24)(H,22,23). The molecule has 0 aliphatic carbocycles. The van der Waals surface area contributed by atoms with E-state index in [-0.39, 0.29) is 12.3 Å². The largest absolute Gasteiger partial charge is 0.481 e. The number of amides is 1. The van der Waals surface area contributed by atoms with Gasteiger partial charge in [0.1, 0.15) is 0 Å². The van der Waals surface area contributed by atoms with E-state index >= 15 is 0 Å². The minimum atomic E-state index is -0.753. The summed E-state index contributed by atoms with van der Waals surface area (Å²) in [5, 5.41) is 15.7. The zero-order valence-corrected chi connectivity index (χ0v) is 13.9. The summed E-state index contributed by atoms with van der Waals surface area (Å²) in [6.45, 7) is 2.58. The summed E-state index contributed by atoms with van der Waals surface area (Å²) in [5.41, 5.74) is 2.58. The van der Waals surface area contributed by atoms with E-state index < -0.39 is 5.97 Å². The number of carboxylic acid groups (broad SMARTS) is 1. The van der Waals surface area contributed by atoms with Crippen molar-refractivity contribution in [1.29, 1.82) is 0 Å². The van der Waals surface area contributed by atoms with Gasteiger partial charge in [0, 0.05) is 30.4 Å². The summed E-state index contributed by atoms with van der Waals surface area (Å²) >= 11 is 0. The summed E-state index contributed by atoms with van der Waals surface area (Å²) in [6.07, 6.45) is 5.31. The Balaban J connectivity index is 1.73. The molecular weight excluding hydrogens is 306 g/mol. The first-order valence-electron chi connectivity index (χ1n) is 8.19. The molecule has 0 radical (unpaired) electrons. The lowest BCUT2D eigenvalue weighted by molar-refractivity contribution is -0.137. The SMILES string of the molecule is Cc1ccnn1-c1ccc(C(=O)NCCCCCCC(=O)O)cc1. The molecule has 0 aliphatic rings. The highest BCUT2D eigenvalue weighted by Gasteiger charge is 2.06. The van der Waals surface area contributed by atoms with Gasteiger partial charge in [0.15, 0.2) is 0 Å². The van der Waals surface area contributed by atoms with Crippen molar-refractivity contribution in [3.8, 4) is 5.69 Å². The van der Waals surface area contributed by atoms with E-state index in [1.807, 2.05) is 29.8 Å². The predicted molar refractivity (Wildman–Crippen MR) is 91.4 cm³/mol. The molecule has 2 N–H and O–H groups in total. The van der Waals surface area contributed by atoms with E-state index in [0.29, 0.717) is 18.5 Å². The molecule has 1 aromatic heterocycles. The first kappa shape index (κ1) is 17.7. The topological polar surface area (TPSA) is 84.2 Å². The van der Waals surface area contributed by atoms with Gasteiger partial charge in [-0.25, -0.2) is 4.68 Å². The zero-order valence-electron chi connectivity index (χ0n) is 13.9. The second-order valence-electron chi connectivity index (χ2n) is 5.75. The molecule has 1 amide bonds. The quantitative estimate of drug-likeness (QED) is 0.693. The van der Waals surface area contributed by atoms with Gasteiger partial charge < -0.3 is 10.4 Å². The fraction of sp³-hybridized carbons (Fsp3) is 0.389. The van der Waals surface area contributed by atoms with Crippen LogP contribution in [0.3, 0.4) is 0 Å². The lowest BCUT2D eigenvalue weighted by Crippen LogP contribution is -2.24. The average molecular weight is 329 g/mol. The van der Waals surface area contributed by atoms with Crippen LogP contribution in [0.15, 0.2) is 36.5 Å². The Hall–Kier alpha value is -2.63. The Morgan fingerprint density at radius 3 is 2.42 bits per heavy atom. The van der Waals surface area contributed by atoms with Crippen LogP contribution in [0.25, 0.3) is 5.69 Å². The van der Waals surface area contributed by atoms with Crippen molar-refractivity contribution in [2.45, 2.75) is 39.0 Å². The lowest BCUT2D eigenvalue weighted by atomic mass is 10.1. The molecule has 1 aromatic carbocycles. The van der Waals surface area contributed by atoms with Crippen molar-refractivity contribution in [2.75, 3.05) is 6.54 Å².